The fourth-order valence-corrected chi connectivity index (χ4v) is 1.34. The first-order valence-corrected chi connectivity index (χ1v) is 5.94. The summed E-state index contributed by atoms with van der Waals surface area (Å²) in [5, 5.41) is 11.4. The summed E-state index contributed by atoms with van der Waals surface area (Å²) in [4.78, 5) is 26.3. The van der Waals surface area contributed by atoms with Crippen LogP contribution in [0.1, 0.15) is 37.6 Å². The van der Waals surface area contributed by atoms with Crippen LogP contribution >= 0.6 is 0 Å². The van der Waals surface area contributed by atoms with Crippen molar-refractivity contribution in [3.63, 3.8) is 0 Å². The lowest BCUT2D eigenvalue weighted by Crippen LogP contribution is -2.38. The van der Waals surface area contributed by atoms with Crippen molar-refractivity contribution >= 4 is 17.6 Å². The number of carbonyl (C=O) groups excluding carboxylic acids is 1. The number of nitrogens with two attached hydrogens (primary N) is 1. The summed E-state index contributed by atoms with van der Waals surface area (Å²) in [7, 11) is 0. The van der Waals surface area contributed by atoms with E-state index in [1.165, 1.54) is 18.5 Å². The molecule has 4 N–H and O–H groups in total. The van der Waals surface area contributed by atoms with E-state index in [9.17, 15) is 9.59 Å². The summed E-state index contributed by atoms with van der Waals surface area (Å²) < 4.78 is 0. The predicted molar refractivity (Wildman–Crippen MR) is 71.9 cm³/mol. The van der Waals surface area contributed by atoms with Crippen LogP contribution in [0.2, 0.25) is 0 Å². The molecule has 1 aromatic rings. The molecule has 0 aromatic carbocycles. The van der Waals surface area contributed by atoms with Crippen molar-refractivity contribution in [3.05, 3.63) is 24.0 Å². The number of hydrogen-bond donors (Lipinski definition) is 3. The van der Waals surface area contributed by atoms with Crippen molar-refractivity contribution in [3.8, 4) is 0 Å². The quantitative estimate of drug-likeness (QED) is 0.764. The molecule has 1 rings (SSSR count). The normalized spacial score (nSPS) is 12.8. The minimum absolute atomic E-state index is 0.0259. The van der Waals surface area contributed by atoms with Gasteiger partial charge in [-0.15, -0.1) is 0 Å². The van der Waals surface area contributed by atoms with Crippen LogP contribution in [0.15, 0.2) is 18.5 Å². The fraction of sp³-hybridized carbons (Fsp3) is 0.462. The number of carbonyl (C=O) groups is 2. The molecule has 0 radical (unpaired) electrons. The second-order valence-corrected chi connectivity index (χ2v) is 5.49. The average molecular weight is 265 g/mol. The molecule has 1 aromatic heterocycles. The minimum atomic E-state index is -1.09. The molecule has 1 atom stereocenters. The maximum atomic E-state index is 11.8. The molecule has 0 aliphatic heterocycles. The zero-order valence-corrected chi connectivity index (χ0v) is 11.3. The van der Waals surface area contributed by atoms with E-state index >= 15 is 0 Å². The Kier molecular flexibility index (Phi) is 4.61. The predicted octanol–water partition coefficient (Wildman–Crippen LogP) is 1.48. The standard InChI is InChI=1S/C13H19N3O3/c1-13(2,3)10(14)5-11(17)16-9-4-8(12(18)19)6-15-7-9/h4,6-7,10H,5,14H2,1-3H3,(H,16,17)(H,18,19). The van der Waals surface area contributed by atoms with Crippen molar-refractivity contribution in [1.29, 1.82) is 0 Å². The Morgan fingerprint density at radius 3 is 2.58 bits per heavy atom. The van der Waals surface area contributed by atoms with E-state index in [2.05, 4.69) is 10.3 Å². The van der Waals surface area contributed by atoms with Crippen LogP contribution < -0.4 is 11.1 Å². The maximum absolute atomic E-state index is 11.8. The summed E-state index contributed by atoms with van der Waals surface area (Å²) in [6.45, 7) is 5.87. The zero-order valence-electron chi connectivity index (χ0n) is 11.3. The smallest absolute Gasteiger partial charge is 0.337 e. The highest BCUT2D eigenvalue weighted by atomic mass is 16.4. The van der Waals surface area contributed by atoms with Crippen molar-refractivity contribution in [1.82, 2.24) is 4.98 Å². The fourth-order valence-electron chi connectivity index (χ4n) is 1.34. The average Bonchev–Trinajstić information content (AvgIpc) is 2.27. The molecule has 0 spiro atoms. The summed E-state index contributed by atoms with van der Waals surface area (Å²) in [5.74, 6) is -1.35. The molecule has 6 heteroatoms. The number of amides is 1. The largest absolute Gasteiger partial charge is 0.478 e. The van der Waals surface area contributed by atoms with Crippen LogP contribution in [0.4, 0.5) is 5.69 Å². The third-order valence-electron chi connectivity index (χ3n) is 2.79. The molecule has 1 heterocycles. The zero-order chi connectivity index (χ0) is 14.6. The first-order chi connectivity index (χ1) is 8.70. The Hall–Kier alpha value is -1.95. The van der Waals surface area contributed by atoms with E-state index < -0.39 is 5.97 Å². The van der Waals surface area contributed by atoms with Crippen molar-refractivity contribution in [2.75, 3.05) is 5.32 Å². The molecule has 1 amide bonds. The number of carboxylic acid groups (broad SMARTS) is 1. The highest BCUT2D eigenvalue weighted by Crippen LogP contribution is 2.20. The van der Waals surface area contributed by atoms with Crippen LogP contribution in [-0.4, -0.2) is 28.0 Å². The molecule has 0 aliphatic carbocycles. The van der Waals surface area contributed by atoms with Gasteiger partial charge in [-0.2, -0.15) is 0 Å². The third-order valence-corrected chi connectivity index (χ3v) is 2.79. The van der Waals surface area contributed by atoms with Gasteiger partial charge in [-0.3, -0.25) is 9.78 Å². The lowest BCUT2D eigenvalue weighted by Gasteiger charge is -2.26. The summed E-state index contributed by atoms with van der Waals surface area (Å²) in [6.07, 6.45) is 2.78. The number of carboxylic acids is 1. The first-order valence-electron chi connectivity index (χ1n) is 5.94. The van der Waals surface area contributed by atoms with Crippen LogP contribution in [0.3, 0.4) is 0 Å². The molecule has 0 fully saturated rings. The number of hydrogen-bond acceptors (Lipinski definition) is 4. The van der Waals surface area contributed by atoms with Crippen molar-refractivity contribution in [2.24, 2.45) is 11.1 Å². The summed E-state index contributed by atoms with van der Waals surface area (Å²) >= 11 is 0. The number of nitrogens with one attached hydrogen (secondary N) is 1. The van der Waals surface area contributed by atoms with Gasteiger partial charge in [0.15, 0.2) is 0 Å². The van der Waals surface area contributed by atoms with Crippen LogP contribution in [0, 0.1) is 5.41 Å². The second-order valence-electron chi connectivity index (χ2n) is 5.49. The SMILES string of the molecule is CC(C)(C)C(N)CC(=O)Nc1cncc(C(=O)O)c1. The lowest BCUT2D eigenvalue weighted by atomic mass is 9.85. The second kappa shape index (κ2) is 5.79. The molecule has 19 heavy (non-hydrogen) atoms. The number of anilines is 1. The molecule has 1 unspecified atom stereocenters. The van der Waals surface area contributed by atoms with Crippen LogP contribution in [0.5, 0.6) is 0 Å². The van der Waals surface area contributed by atoms with Gasteiger partial charge in [0, 0.05) is 18.7 Å². The van der Waals surface area contributed by atoms with E-state index in [1.807, 2.05) is 20.8 Å². The van der Waals surface area contributed by atoms with Gasteiger partial charge in [0.05, 0.1) is 17.4 Å². The Morgan fingerprint density at radius 1 is 1.42 bits per heavy atom. The van der Waals surface area contributed by atoms with E-state index in [4.69, 9.17) is 10.8 Å². The van der Waals surface area contributed by atoms with Gasteiger partial charge >= 0.3 is 5.97 Å². The maximum Gasteiger partial charge on any atom is 0.337 e. The Labute approximate surface area is 112 Å². The molecular weight excluding hydrogens is 246 g/mol. The van der Waals surface area contributed by atoms with E-state index in [1.54, 1.807) is 0 Å². The van der Waals surface area contributed by atoms with Gasteiger partial charge in [-0.05, 0) is 11.5 Å². The Bertz CT molecular complexity index is 480. The van der Waals surface area contributed by atoms with E-state index in [-0.39, 0.29) is 29.3 Å². The van der Waals surface area contributed by atoms with Gasteiger partial charge in [-0.1, -0.05) is 20.8 Å². The topological polar surface area (TPSA) is 105 Å². The number of rotatable bonds is 4. The third kappa shape index (κ3) is 4.67. The van der Waals surface area contributed by atoms with Crippen molar-refractivity contribution in [2.45, 2.75) is 33.2 Å². The highest BCUT2D eigenvalue weighted by molar-refractivity contribution is 5.93. The monoisotopic (exact) mass is 265 g/mol. The van der Waals surface area contributed by atoms with Crippen LogP contribution in [-0.2, 0) is 4.79 Å². The summed E-state index contributed by atoms with van der Waals surface area (Å²) in [6, 6.07) is 1.08. The Morgan fingerprint density at radius 2 is 2.05 bits per heavy atom. The molecule has 0 saturated carbocycles. The lowest BCUT2D eigenvalue weighted by molar-refractivity contribution is -0.117. The first kappa shape index (κ1) is 15.1. The van der Waals surface area contributed by atoms with E-state index in [0.717, 1.165) is 0 Å². The van der Waals surface area contributed by atoms with Crippen LogP contribution in [0.25, 0.3) is 0 Å². The molecule has 6 nitrogen and oxygen atoms in total. The minimum Gasteiger partial charge on any atom is -0.478 e. The Balaban J connectivity index is 2.67. The number of aromatic carboxylic acids is 1. The molecule has 104 valence electrons. The number of pyridine rings is 1. The van der Waals surface area contributed by atoms with Gasteiger partial charge in [0.1, 0.15) is 0 Å². The van der Waals surface area contributed by atoms with Gasteiger partial charge in [0.25, 0.3) is 0 Å². The number of aromatic nitrogens is 1. The van der Waals surface area contributed by atoms with Crippen molar-refractivity contribution < 1.29 is 14.7 Å². The van der Waals surface area contributed by atoms with Gasteiger partial charge in [-0.25, -0.2) is 4.79 Å². The molecule has 0 aliphatic rings. The highest BCUT2D eigenvalue weighted by Gasteiger charge is 2.23. The number of nitrogens with zero attached hydrogens (tertiary/aromatic N) is 1. The summed E-state index contributed by atoms with van der Waals surface area (Å²) in [5.41, 5.74) is 6.12. The van der Waals surface area contributed by atoms with E-state index in [0.29, 0.717) is 5.69 Å². The molecule has 0 bridgehead atoms. The van der Waals surface area contributed by atoms with Gasteiger partial charge in [0.2, 0.25) is 5.91 Å². The molecular formula is C13H19N3O3. The van der Waals surface area contributed by atoms with Gasteiger partial charge < -0.3 is 16.2 Å². The molecule has 0 saturated heterocycles.